The first-order valence-corrected chi connectivity index (χ1v) is 10.1. The molecule has 0 aliphatic carbocycles. The quantitative estimate of drug-likeness (QED) is 0.356. The molecule has 1 amide bonds. The van der Waals surface area contributed by atoms with Crippen LogP contribution in [0.15, 0.2) is 72.3 Å². The molecule has 3 aromatic carbocycles. The molecule has 1 atom stereocenters. The number of halogens is 1. The molecule has 0 saturated carbocycles. The van der Waals surface area contributed by atoms with E-state index in [2.05, 4.69) is 0 Å². The van der Waals surface area contributed by atoms with E-state index in [4.69, 9.17) is 4.74 Å². The van der Waals surface area contributed by atoms with Gasteiger partial charge >= 0.3 is 0 Å². The molecule has 6 heteroatoms. The number of amides is 1. The second-order valence-corrected chi connectivity index (χ2v) is 7.70. The molecular formula is C26H22FNO4. The number of nitrogens with zero attached hydrogens (tertiary/aromatic N) is 1. The van der Waals surface area contributed by atoms with Gasteiger partial charge < -0.3 is 9.84 Å². The molecule has 1 aliphatic heterocycles. The third kappa shape index (κ3) is 3.54. The number of ether oxygens (including phenoxy) is 1. The average molecular weight is 431 g/mol. The zero-order chi connectivity index (χ0) is 23.0. The third-order valence-electron chi connectivity index (χ3n) is 5.64. The van der Waals surface area contributed by atoms with Crippen molar-refractivity contribution in [1.29, 1.82) is 0 Å². The van der Waals surface area contributed by atoms with Crippen molar-refractivity contribution in [3.05, 3.63) is 100 Å². The average Bonchev–Trinajstić information content (AvgIpc) is 3.05. The van der Waals surface area contributed by atoms with Crippen molar-refractivity contribution in [2.75, 3.05) is 12.0 Å². The minimum atomic E-state index is -0.903. The van der Waals surface area contributed by atoms with Gasteiger partial charge in [0.05, 0.1) is 18.7 Å². The molecule has 1 saturated heterocycles. The zero-order valence-electron chi connectivity index (χ0n) is 17.9. The first kappa shape index (κ1) is 21.3. The van der Waals surface area contributed by atoms with Crippen molar-refractivity contribution >= 4 is 23.1 Å². The Bertz CT molecular complexity index is 1250. The van der Waals surface area contributed by atoms with Gasteiger partial charge in [-0.15, -0.1) is 0 Å². The Labute approximate surface area is 185 Å². The summed E-state index contributed by atoms with van der Waals surface area (Å²) < 4.78 is 19.3. The van der Waals surface area contributed by atoms with Crippen molar-refractivity contribution in [2.45, 2.75) is 19.9 Å². The summed E-state index contributed by atoms with van der Waals surface area (Å²) >= 11 is 0. The highest BCUT2D eigenvalue weighted by Crippen LogP contribution is 2.43. The topological polar surface area (TPSA) is 66.8 Å². The summed E-state index contributed by atoms with van der Waals surface area (Å²) in [6, 6.07) is 17.0. The summed E-state index contributed by atoms with van der Waals surface area (Å²) in [5.41, 5.74) is 2.71. The molecule has 0 radical (unpaired) electrons. The highest BCUT2D eigenvalue weighted by molar-refractivity contribution is 6.51. The van der Waals surface area contributed by atoms with Crippen molar-refractivity contribution < 1.29 is 23.8 Å². The van der Waals surface area contributed by atoms with Crippen molar-refractivity contribution in [1.82, 2.24) is 0 Å². The molecule has 0 spiro atoms. The fourth-order valence-electron chi connectivity index (χ4n) is 4.09. The van der Waals surface area contributed by atoms with Gasteiger partial charge in [0.25, 0.3) is 11.7 Å². The van der Waals surface area contributed by atoms with Crippen LogP contribution in [0, 0.1) is 19.7 Å². The number of aliphatic hydroxyl groups is 1. The molecule has 1 unspecified atom stereocenters. The standard InChI is InChI=1S/C26H22FNO4/c1-15-13-21(32-3)16(2)12-20(15)24(29)22-23(17-8-5-4-6-9-17)28(26(31)25(22)30)19-11-7-10-18(27)14-19/h4-14,23,29H,1-3H3/b24-22+. The van der Waals surface area contributed by atoms with Crippen molar-refractivity contribution in [3.63, 3.8) is 0 Å². The summed E-state index contributed by atoms with van der Waals surface area (Å²) in [5.74, 6) is -1.81. The molecule has 0 aromatic heterocycles. The van der Waals surface area contributed by atoms with Gasteiger partial charge in [0, 0.05) is 11.3 Å². The van der Waals surface area contributed by atoms with Crippen LogP contribution in [-0.4, -0.2) is 23.9 Å². The number of ketones is 1. The van der Waals surface area contributed by atoms with Gasteiger partial charge in [0.1, 0.15) is 17.3 Å². The Morgan fingerprint density at radius 3 is 2.34 bits per heavy atom. The van der Waals surface area contributed by atoms with E-state index < -0.39 is 23.5 Å². The molecule has 162 valence electrons. The largest absolute Gasteiger partial charge is 0.507 e. The highest BCUT2D eigenvalue weighted by atomic mass is 19.1. The summed E-state index contributed by atoms with van der Waals surface area (Å²) in [7, 11) is 1.56. The van der Waals surface area contributed by atoms with Gasteiger partial charge in [0.15, 0.2) is 0 Å². The predicted octanol–water partition coefficient (Wildman–Crippen LogP) is 5.08. The van der Waals surface area contributed by atoms with Gasteiger partial charge in [-0.3, -0.25) is 14.5 Å². The van der Waals surface area contributed by atoms with Gasteiger partial charge in [-0.2, -0.15) is 0 Å². The maximum Gasteiger partial charge on any atom is 0.300 e. The molecule has 0 bridgehead atoms. The van der Waals surface area contributed by atoms with E-state index in [1.807, 2.05) is 13.0 Å². The second kappa shape index (κ2) is 8.30. The van der Waals surface area contributed by atoms with Crippen LogP contribution in [0.5, 0.6) is 5.75 Å². The third-order valence-corrected chi connectivity index (χ3v) is 5.64. The number of hydrogen-bond donors (Lipinski definition) is 1. The number of hydrogen-bond acceptors (Lipinski definition) is 4. The van der Waals surface area contributed by atoms with Gasteiger partial charge in [-0.05, 0) is 60.9 Å². The molecule has 1 N–H and O–H groups in total. The lowest BCUT2D eigenvalue weighted by Gasteiger charge is -2.25. The minimum Gasteiger partial charge on any atom is -0.507 e. The molecule has 1 heterocycles. The van der Waals surface area contributed by atoms with Gasteiger partial charge in [-0.1, -0.05) is 36.4 Å². The Balaban J connectivity index is 1.97. The molecular weight excluding hydrogens is 409 g/mol. The number of methoxy groups -OCH3 is 1. The maximum absolute atomic E-state index is 14.0. The van der Waals surface area contributed by atoms with Crippen LogP contribution in [0.3, 0.4) is 0 Å². The lowest BCUT2D eigenvalue weighted by atomic mass is 9.93. The number of carbonyl (C=O) groups excluding carboxylic acids is 2. The molecule has 1 aliphatic rings. The van der Waals surface area contributed by atoms with E-state index in [1.54, 1.807) is 56.5 Å². The normalized spacial score (nSPS) is 17.6. The lowest BCUT2D eigenvalue weighted by Crippen LogP contribution is -2.29. The van der Waals surface area contributed by atoms with E-state index in [0.29, 0.717) is 22.4 Å². The number of carbonyl (C=O) groups is 2. The number of aliphatic hydroxyl groups excluding tert-OH is 1. The Hall–Kier alpha value is -3.93. The number of aryl methyl sites for hydroxylation is 2. The van der Waals surface area contributed by atoms with E-state index in [-0.39, 0.29) is 17.0 Å². The van der Waals surface area contributed by atoms with E-state index in [0.717, 1.165) is 5.56 Å². The van der Waals surface area contributed by atoms with Crippen LogP contribution in [-0.2, 0) is 9.59 Å². The van der Waals surface area contributed by atoms with E-state index >= 15 is 0 Å². The smallest absolute Gasteiger partial charge is 0.300 e. The van der Waals surface area contributed by atoms with Crippen LogP contribution in [0.25, 0.3) is 5.76 Å². The monoisotopic (exact) mass is 431 g/mol. The van der Waals surface area contributed by atoms with Gasteiger partial charge in [0.2, 0.25) is 0 Å². The Kier molecular flexibility index (Phi) is 5.53. The summed E-state index contributed by atoms with van der Waals surface area (Å²) in [6.07, 6.45) is 0. The molecule has 4 rings (SSSR count). The Morgan fingerprint density at radius 2 is 1.69 bits per heavy atom. The van der Waals surface area contributed by atoms with Gasteiger partial charge in [-0.25, -0.2) is 4.39 Å². The summed E-state index contributed by atoms with van der Waals surface area (Å²) in [4.78, 5) is 27.5. The second-order valence-electron chi connectivity index (χ2n) is 7.70. The zero-order valence-corrected chi connectivity index (χ0v) is 17.9. The number of rotatable bonds is 4. The van der Waals surface area contributed by atoms with Crippen LogP contribution in [0.2, 0.25) is 0 Å². The van der Waals surface area contributed by atoms with E-state index in [9.17, 15) is 19.1 Å². The minimum absolute atomic E-state index is 0.0434. The summed E-state index contributed by atoms with van der Waals surface area (Å²) in [6.45, 7) is 3.62. The maximum atomic E-state index is 14.0. The first-order valence-electron chi connectivity index (χ1n) is 10.1. The fourth-order valence-corrected chi connectivity index (χ4v) is 4.09. The molecule has 1 fully saturated rings. The lowest BCUT2D eigenvalue weighted by molar-refractivity contribution is -0.132. The molecule has 5 nitrogen and oxygen atoms in total. The number of Topliss-reactive ketones (excluding diaryl/α,β-unsaturated/α-hetero) is 1. The van der Waals surface area contributed by atoms with Crippen molar-refractivity contribution in [3.8, 4) is 5.75 Å². The first-order chi connectivity index (χ1) is 15.3. The predicted molar refractivity (Wildman–Crippen MR) is 120 cm³/mol. The van der Waals surface area contributed by atoms with Crippen LogP contribution >= 0.6 is 0 Å². The fraction of sp³-hybridized carbons (Fsp3) is 0.154. The van der Waals surface area contributed by atoms with Crippen LogP contribution in [0.4, 0.5) is 10.1 Å². The number of benzene rings is 3. The summed E-state index contributed by atoms with van der Waals surface area (Å²) in [5, 5.41) is 11.3. The van der Waals surface area contributed by atoms with Crippen LogP contribution < -0.4 is 9.64 Å². The van der Waals surface area contributed by atoms with Crippen molar-refractivity contribution in [2.24, 2.45) is 0 Å². The SMILES string of the molecule is COc1cc(C)c(/C(O)=C2\C(=O)C(=O)N(c3cccc(F)c3)C2c2ccccc2)cc1C. The molecule has 3 aromatic rings. The van der Waals surface area contributed by atoms with Crippen LogP contribution in [0.1, 0.15) is 28.3 Å². The Morgan fingerprint density at radius 1 is 0.969 bits per heavy atom. The number of anilines is 1. The highest BCUT2D eigenvalue weighted by Gasteiger charge is 2.47. The molecule has 32 heavy (non-hydrogen) atoms. The van der Waals surface area contributed by atoms with E-state index in [1.165, 1.54) is 23.1 Å².